The van der Waals surface area contributed by atoms with Gasteiger partial charge in [-0.3, -0.25) is 0 Å². The molecule has 2 fully saturated rings. The van der Waals surface area contributed by atoms with Gasteiger partial charge in [0.2, 0.25) is 0 Å². The van der Waals surface area contributed by atoms with Gasteiger partial charge >= 0.3 is 6.03 Å². The molecule has 0 spiro atoms. The summed E-state index contributed by atoms with van der Waals surface area (Å²) in [5.41, 5.74) is 5.66. The van der Waals surface area contributed by atoms with E-state index in [-0.39, 0.29) is 11.6 Å². The maximum atomic E-state index is 11.8. The second-order valence-electron chi connectivity index (χ2n) is 5.27. The van der Waals surface area contributed by atoms with Crippen LogP contribution in [0, 0.1) is 0 Å². The molecule has 2 saturated carbocycles. The van der Waals surface area contributed by atoms with Gasteiger partial charge in [-0.05, 0) is 25.7 Å². The van der Waals surface area contributed by atoms with Crippen LogP contribution >= 0.6 is 0 Å². The van der Waals surface area contributed by atoms with Crippen molar-refractivity contribution in [3.05, 3.63) is 0 Å². The van der Waals surface area contributed by atoms with E-state index < -0.39 is 0 Å². The highest BCUT2D eigenvalue weighted by Crippen LogP contribution is 2.28. The van der Waals surface area contributed by atoms with Crippen molar-refractivity contribution in [3.63, 3.8) is 0 Å². The van der Waals surface area contributed by atoms with Crippen LogP contribution in [-0.2, 0) is 0 Å². The van der Waals surface area contributed by atoms with Gasteiger partial charge in [-0.15, -0.1) is 0 Å². The Balaban J connectivity index is 1.80. The molecule has 0 aromatic rings. The zero-order valence-corrected chi connectivity index (χ0v) is 9.93. The van der Waals surface area contributed by atoms with E-state index in [0.29, 0.717) is 12.6 Å². The third-order valence-corrected chi connectivity index (χ3v) is 4.02. The molecule has 0 aliphatic heterocycles. The molecule has 2 rings (SSSR count). The van der Waals surface area contributed by atoms with Crippen LogP contribution in [0.25, 0.3) is 0 Å². The normalized spacial score (nSPS) is 24.6. The first kappa shape index (κ1) is 11.7. The number of urea groups is 1. The van der Waals surface area contributed by atoms with Gasteiger partial charge in [0.05, 0.1) is 5.54 Å². The molecule has 0 unspecified atom stereocenters. The Labute approximate surface area is 97.3 Å². The first-order valence-corrected chi connectivity index (χ1v) is 6.53. The van der Waals surface area contributed by atoms with Crippen molar-refractivity contribution in [2.45, 2.75) is 62.9 Å². The van der Waals surface area contributed by atoms with Crippen molar-refractivity contribution in [2.75, 3.05) is 6.54 Å². The number of carbonyl (C=O) groups is 1. The quantitative estimate of drug-likeness (QED) is 0.681. The highest BCUT2D eigenvalue weighted by molar-refractivity contribution is 5.75. The van der Waals surface area contributed by atoms with Crippen LogP contribution in [0.5, 0.6) is 0 Å². The van der Waals surface area contributed by atoms with E-state index in [1.807, 2.05) is 0 Å². The van der Waals surface area contributed by atoms with E-state index in [1.165, 1.54) is 25.7 Å². The molecule has 0 aromatic carbocycles. The molecular weight excluding hydrogens is 202 g/mol. The van der Waals surface area contributed by atoms with E-state index in [1.54, 1.807) is 0 Å². The van der Waals surface area contributed by atoms with Gasteiger partial charge in [0.1, 0.15) is 0 Å². The van der Waals surface area contributed by atoms with E-state index in [9.17, 15) is 4.79 Å². The summed E-state index contributed by atoms with van der Waals surface area (Å²) in [5, 5.41) is 6.15. The predicted octanol–water partition coefficient (Wildman–Crippen LogP) is 1.50. The number of rotatable bonds is 3. The van der Waals surface area contributed by atoms with Crippen LogP contribution in [0.4, 0.5) is 4.79 Å². The van der Waals surface area contributed by atoms with Crippen molar-refractivity contribution in [3.8, 4) is 0 Å². The molecule has 4 heteroatoms. The molecule has 0 aromatic heterocycles. The van der Waals surface area contributed by atoms with Crippen molar-refractivity contribution >= 4 is 6.03 Å². The van der Waals surface area contributed by atoms with Crippen LogP contribution in [0.1, 0.15) is 51.4 Å². The summed E-state index contributed by atoms with van der Waals surface area (Å²) in [6, 6.07) is 0.371. The largest absolute Gasteiger partial charge is 0.335 e. The standard InChI is InChI=1S/C12H23N3O/c13-9-12(7-3-4-8-12)15-11(16)14-10-5-1-2-6-10/h10H,1-9,13H2,(H2,14,15,16). The topological polar surface area (TPSA) is 67.1 Å². The second kappa shape index (κ2) is 5.04. The second-order valence-corrected chi connectivity index (χ2v) is 5.27. The summed E-state index contributed by atoms with van der Waals surface area (Å²) in [7, 11) is 0. The van der Waals surface area contributed by atoms with Crippen LogP contribution in [-0.4, -0.2) is 24.2 Å². The van der Waals surface area contributed by atoms with Crippen molar-refractivity contribution < 1.29 is 4.79 Å². The fourth-order valence-corrected chi connectivity index (χ4v) is 2.96. The summed E-state index contributed by atoms with van der Waals surface area (Å²) in [6.45, 7) is 0.561. The summed E-state index contributed by atoms with van der Waals surface area (Å²) in [4.78, 5) is 11.8. The van der Waals surface area contributed by atoms with E-state index in [4.69, 9.17) is 5.73 Å². The lowest BCUT2D eigenvalue weighted by molar-refractivity contribution is 0.221. The molecule has 2 aliphatic rings. The number of amides is 2. The average Bonchev–Trinajstić information content (AvgIpc) is 2.90. The fourth-order valence-electron chi connectivity index (χ4n) is 2.96. The molecule has 0 saturated heterocycles. The van der Waals surface area contributed by atoms with E-state index >= 15 is 0 Å². The molecular formula is C12H23N3O. The molecule has 0 radical (unpaired) electrons. The zero-order chi connectivity index (χ0) is 11.4. The number of carbonyl (C=O) groups excluding carboxylic acids is 1. The monoisotopic (exact) mass is 225 g/mol. The molecule has 16 heavy (non-hydrogen) atoms. The molecule has 92 valence electrons. The van der Waals surface area contributed by atoms with Gasteiger partial charge in [-0.2, -0.15) is 0 Å². The lowest BCUT2D eigenvalue weighted by Crippen LogP contribution is -2.56. The summed E-state index contributed by atoms with van der Waals surface area (Å²) >= 11 is 0. The van der Waals surface area contributed by atoms with Gasteiger partial charge in [0, 0.05) is 12.6 Å². The molecule has 4 nitrogen and oxygen atoms in total. The molecule has 4 N–H and O–H groups in total. The smallest absolute Gasteiger partial charge is 0.315 e. The minimum Gasteiger partial charge on any atom is -0.335 e. The minimum absolute atomic E-state index is 0.0146. The highest BCUT2D eigenvalue weighted by atomic mass is 16.2. The van der Waals surface area contributed by atoms with Crippen LogP contribution < -0.4 is 16.4 Å². The van der Waals surface area contributed by atoms with Crippen LogP contribution in [0.15, 0.2) is 0 Å². The number of hydrogen-bond donors (Lipinski definition) is 3. The SMILES string of the molecule is NCC1(NC(=O)NC2CCCC2)CCCC1. The van der Waals surface area contributed by atoms with Gasteiger partial charge in [0.25, 0.3) is 0 Å². The number of nitrogens with one attached hydrogen (secondary N) is 2. The van der Waals surface area contributed by atoms with E-state index in [0.717, 1.165) is 25.7 Å². The minimum atomic E-state index is -0.122. The first-order chi connectivity index (χ1) is 7.74. The Bertz CT molecular complexity index is 243. The van der Waals surface area contributed by atoms with Gasteiger partial charge in [0.15, 0.2) is 0 Å². The molecule has 0 bridgehead atoms. The Morgan fingerprint density at radius 2 is 1.81 bits per heavy atom. The Hall–Kier alpha value is -0.770. The summed E-state index contributed by atoms with van der Waals surface area (Å²) in [6.07, 6.45) is 9.16. The molecule has 2 amide bonds. The third-order valence-electron chi connectivity index (χ3n) is 4.02. The predicted molar refractivity (Wildman–Crippen MR) is 64.2 cm³/mol. The third kappa shape index (κ3) is 2.67. The molecule has 0 heterocycles. The maximum Gasteiger partial charge on any atom is 0.315 e. The highest BCUT2D eigenvalue weighted by Gasteiger charge is 2.34. The number of nitrogens with two attached hydrogens (primary N) is 1. The average molecular weight is 225 g/mol. The Morgan fingerprint density at radius 1 is 1.19 bits per heavy atom. The lowest BCUT2D eigenvalue weighted by Gasteiger charge is -2.29. The molecule has 2 aliphatic carbocycles. The Kier molecular flexibility index (Phi) is 3.69. The van der Waals surface area contributed by atoms with Gasteiger partial charge < -0.3 is 16.4 Å². The Morgan fingerprint density at radius 3 is 2.38 bits per heavy atom. The zero-order valence-electron chi connectivity index (χ0n) is 9.93. The summed E-state index contributed by atoms with van der Waals surface area (Å²) in [5.74, 6) is 0. The van der Waals surface area contributed by atoms with E-state index in [2.05, 4.69) is 10.6 Å². The lowest BCUT2D eigenvalue weighted by atomic mass is 9.98. The number of hydrogen-bond acceptors (Lipinski definition) is 2. The first-order valence-electron chi connectivity index (χ1n) is 6.53. The van der Waals surface area contributed by atoms with Gasteiger partial charge in [-0.25, -0.2) is 4.79 Å². The molecule has 0 atom stereocenters. The van der Waals surface area contributed by atoms with Crippen molar-refractivity contribution in [1.29, 1.82) is 0 Å². The van der Waals surface area contributed by atoms with Crippen molar-refractivity contribution in [1.82, 2.24) is 10.6 Å². The van der Waals surface area contributed by atoms with Crippen LogP contribution in [0.3, 0.4) is 0 Å². The van der Waals surface area contributed by atoms with Gasteiger partial charge in [-0.1, -0.05) is 25.7 Å². The van der Waals surface area contributed by atoms with Crippen LogP contribution in [0.2, 0.25) is 0 Å². The fraction of sp³-hybridized carbons (Fsp3) is 0.917. The summed E-state index contributed by atoms with van der Waals surface area (Å²) < 4.78 is 0. The van der Waals surface area contributed by atoms with Crippen molar-refractivity contribution in [2.24, 2.45) is 5.73 Å². The maximum absolute atomic E-state index is 11.8.